The highest BCUT2D eigenvalue weighted by molar-refractivity contribution is 6.05. The Kier molecular flexibility index (Phi) is 6.82. The van der Waals surface area contributed by atoms with Crippen molar-refractivity contribution in [2.24, 2.45) is 14.1 Å². The minimum Gasteiger partial charge on any atom is -0.351 e. The van der Waals surface area contributed by atoms with Crippen LogP contribution in [-0.4, -0.2) is 50.5 Å². The molecule has 7 heteroatoms. The second kappa shape index (κ2) is 9.95. The van der Waals surface area contributed by atoms with Crippen LogP contribution in [0.5, 0.6) is 0 Å². The number of hydrogen-bond acceptors (Lipinski definition) is 3. The third kappa shape index (κ3) is 4.59. The predicted molar refractivity (Wildman–Crippen MR) is 134 cm³/mol. The molecule has 4 rings (SSSR count). The maximum atomic E-state index is 13.7. The molecule has 34 heavy (non-hydrogen) atoms. The van der Waals surface area contributed by atoms with E-state index in [0.29, 0.717) is 24.2 Å². The fourth-order valence-electron chi connectivity index (χ4n) is 4.57. The number of hydrogen-bond donors (Lipinski definition) is 1. The Bertz CT molecular complexity index is 1290. The van der Waals surface area contributed by atoms with Crippen molar-refractivity contribution in [2.45, 2.75) is 25.3 Å². The van der Waals surface area contributed by atoms with Crippen LogP contribution in [0.4, 0.5) is 0 Å². The van der Waals surface area contributed by atoms with Crippen molar-refractivity contribution in [1.29, 1.82) is 0 Å². The van der Waals surface area contributed by atoms with Crippen LogP contribution in [0, 0.1) is 0 Å². The van der Waals surface area contributed by atoms with Gasteiger partial charge in [0.05, 0.1) is 5.56 Å². The van der Waals surface area contributed by atoms with Crippen molar-refractivity contribution in [3.8, 4) is 0 Å². The SMILES string of the molecule is CC(c1ccccc1)C(CCNC(=O)c1cccn1C)N(C)C(=O)c1ccnc2c1ccn2C. The van der Waals surface area contributed by atoms with Crippen molar-refractivity contribution in [2.75, 3.05) is 13.6 Å². The van der Waals surface area contributed by atoms with Gasteiger partial charge < -0.3 is 19.4 Å². The molecular formula is C27H31N5O2. The summed E-state index contributed by atoms with van der Waals surface area (Å²) in [4.78, 5) is 32.5. The van der Waals surface area contributed by atoms with Crippen LogP contribution in [0.1, 0.15) is 45.7 Å². The Morgan fingerprint density at radius 1 is 1.00 bits per heavy atom. The molecule has 3 aromatic heterocycles. The number of aromatic nitrogens is 3. The number of aryl methyl sites for hydroxylation is 2. The van der Waals surface area contributed by atoms with Crippen molar-refractivity contribution in [1.82, 2.24) is 24.3 Å². The number of nitrogens with one attached hydrogen (secondary N) is 1. The van der Waals surface area contributed by atoms with Gasteiger partial charge in [0, 0.05) is 63.6 Å². The Morgan fingerprint density at radius 3 is 2.47 bits per heavy atom. The third-order valence-electron chi connectivity index (χ3n) is 6.62. The summed E-state index contributed by atoms with van der Waals surface area (Å²) in [7, 11) is 5.62. The highest BCUT2D eigenvalue weighted by atomic mass is 16.2. The number of nitrogens with zero attached hydrogens (tertiary/aromatic N) is 4. The van der Waals surface area contributed by atoms with Crippen LogP contribution >= 0.6 is 0 Å². The average Bonchev–Trinajstić information content (AvgIpc) is 3.46. The molecule has 0 bridgehead atoms. The third-order valence-corrected chi connectivity index (χ3v) is 6.62. The quantitative estimate of drug-likeness (QED) is 0.435. The summed E-state index contributed by atoms with van der Waals surface area (Å²) >= 11 is 0. The van der Waals surface area contributed by atoms with Gasteiger partial charge in [0.15, 0.2) is 0 Å². The lowest BCUT2D eigenvalue weighted by Crippen LogP contribution is -2.42. The average molecular weight is 458 g/mol. The largest absolute Gasteiger partial charge is 0.351 e. The Hall–Kier alpha value is -3.87. The lowest BCUT2D eigenvalue weighted by atomic mass is 9.89. The summed E-state index contributed by atoms with van der Waals surface area (Å²) in [5.74, 6) is -0.0944. The van der Waals surface area contributed by atoms with Gasteiger partial charge >= 0.3 is 0 Å². The molecule has 0 spiro atoms. The Balaban J connectivity index is 1.57. The normalized spacial score (nSPS) is 12.9. The van der Waals surface area contributed by atoms with E-state index in [-0.39, 0.29) is 23.8 Å². The van der Waals surface area contributed by atoms with Crippen LogP contribution in [-0.2, 0) is 14.1 Å². The van der Waals surface area contributed by atoms with Crippen LogP contribution in [0.25, 0.3) is 11.0 Å². The molecule has 2 atom stereocenters. The van der Waals surface area contributed by atoms with Gasteiger partial charge in [-0.15, -0.1) is 0 Å². The van der Waals surface area contributed by atoms with Crippen LogP contribution in [0.2, 0.25) is 0 Å². The fraction of sp³-hybridized carbons (Fsp3) is 0.296. The summed E-state index contributed by atoms with van der Waals surface area (Å²) in [5, 5.41) is 3.86. The molecule has 2 amide bonds. The molecule has 0 aliphatic carbocycles. The number of likely N-dealkylation sites (N-methyl/N-ethyl adjacent to an activating group) is 1. The highest BCUT2D eigenvalue weighted by Crippen LogP contribution is 2.27. The molecule has 0 aliphatic heterocycles. The summed E-state index contributed by atoms with van der Waals surface area (Å²) in [6, 6.07) is 17.4. The van der Waals surface area contributed by atoms with Crippen molar-refractivity contribution < 1.29 is 9.59 Å². The van der Waals surface area contributed by atoms with Gasteiger partial charge in [-0.1, -0.05) is 37.3 Å². The van der Waals surface area contributed by atoms with Crippen LogP contribution < -0.4 is 5.32 Å². The molecule has 2 unspecified atom stereocenters. The van der Waals surface area contributed by atoms with Crippen LogP contribution in [0.15, 0.2) is 73.2 Å². The molecule has 4 aromatic rings. The molecular weight excluding hydrogens is 426 g/mol. The molecule has 3 heterocycles. The lowest BCUT2D eigenvalue weighted by molar-refractivity contribution is 0.0703. The molecule has 1 aromatic carbocycles. The summed E-state index contributed by atoms with van der Waals surface area (Å²) < 4.78 is 3.71. The number of carbonyl (C=O) groups excluding carboxylic acids is 2. The predicted octanol–water partition coefficient (Wildman–Crippen LogP) is 3.98. The second-order valence-electron chi connectivity index (χ2n) is 8.75. The Labute approximate surface area is 200 Å². The number of pyridine rings is 1. The second-order valence-corrected chi connectivity index (χ2v) is 8.75. The summed E-state index contributed by atoms with van der Waals surface area (Å²) in [6.45, 7) is 2.59. The van der Waals surface area contributed by atoms with Gasteiger partial charge in [0.1, 0.15) is 11.3 Å². The molecule has 0 aliphatic rings. The maximum absolute atomic E-state index is 13.7. The lowest BCUT2D eigenvalue weighted by Gasteiger charge is -2.33. The first-order chi connectivity index (χ1) is 16.4. The Morgan fingerprint density at radius 2 is 1.76 bits per heavy atom. The van der Waals surface area contributed by atoms with Gasteiger partial charge in [-0.05, 0) is 36.2 Å². The smallest absolute Gasteiger partial charge is 0.267 e. The minimum atomic E-state index is -0.118. The molecule has 0 saturated heterocycles. The first-order valence-electron chi connectivity index (χ1n) is 11.5. The van der Waals surface area contributed by atoms with Gasteiger partial charge in [-0.25, -0.2) is 4.98 Å². The number of amides is 2. The van der Waals surface area contributed by atoms with Crippen LogP contribution in [0.3, 0.4) is 0 Å². The van der Waals surface area contributed by atoms with E-state index in [9.17, 15) is 9.59 Å². The van der Waals surface area contributed by atoms with Crippen molar-refractivity contribution in [3.05, 3.63) is 90.0 Å². The first-order valence-corrected chi connectivity index (χ1v) is 11.5. The summed E-state index contributed by atoms with van der Waals surface area (Å²) in [5.41, 5.74) is 3.17. The minimum absolute atomic E-state index is 0.0554. The first kappa shape index (κ1) is 23.3. The molecule has 0 radical (unpaired) electrons. The van der Waals surface area contributed by atoms with Gasteiger partial charge in [-0.3, -0.25) is 9.59 Å². The monoisotopic (exact) mass is 457 g/mol. The van der Waals surface area contributed by atoms with E-state index in [1.165, 1.54) is 0 Å². The van der Waals surface area contributed by atoms with Gasteiger partial charge in [0.2, 0.25) is 0 Å². The van der Waals surface area contributed by atoms with Crippen molar-refractivity contribution in [3.63, 3.8) is 0 Å². The van der Waals surface area contributed by atoms with E-state index >= 15 is 0 Å². The number of fused-ring (bicyclic) bond motifs is 1. The summed E-state index contributed by atoms with van der Waals surface area (Å²) in [6.07, 6.45) is 6.06. The number of benzene rings is 1. The zero-order valence-electron chi connectivity index (χ0n) is 20.1. The fourth-order valence-corrected chi connectivity index (χ4v) is 4.57. The number of rotatable bonds is 8. The molecule has 176 valence electrons. The zero-order valence-corrected chi connectivity index (χ0v) is 20.1. The molecule has 1 N–H and O–H groups in total. The van der Waals surface area contributed by atoms with Gasteiger partial charge in [-0.2, -0.15) is 0 Å². The highest BCUT2D eigenvalue weighted by Gasteiger charge is 2.28. The van der Waals surface area contributed by atoms with E-state index < -0.39 is 0 Å². The van der Waals surface area contributed by atoms with E-state index in [1.807, 2.05) is 73.3 Å². The molecule has 7 nitrogen and oxygen atoms in total. The standard InChI is InChI=1S/C27H31N5O2/c1-19(20-9-6-5-7-10-20)23(13-16-29-26(33)24-11-8-17-30(24)2)32(4)27(34)22-12-15-28-25-21(22)14-18-31(25)3/h5-12,14-15,17-19,23H,13,16H2,1-4H3,(H,29,33). The topological polar surface area (TPSA) is 72.2 Å². The van der Waals surface area contributed by atoms with Gasteiger partial charge in [0.25, 0.3) is 11.8 Å². The van der Waals surface area contributed by atoms with E-state index in [2.05, 4.69) is 29.4 Å². The maximum Gasteiger partial charge on any atom is 0.267 e. The zero-order chi connectivity index (χ0) is 24.2. The number of carbonyl (C=O) groups is 2. The van der Waals surface area contributed by atoms with E-state index in [0.717, 1.165) is 16.6 Å². The molecule has 0 saturated carbocycles. The molecule has 0 fully saturated rings. The van der Waals surface area contributed by atoms with E-state index in [4.69, 9.17) is 0 Å². The van der Waals surface area contributed by atoms with E-state index in [1.54, 1.807) is 22.9 Å². The van der Waals surface area contributed by atoms with Crippen molar-refractivity contribution >= 4 is 22.8 Å².